The van der Waals surface area contributed by atoms with Crippen LogP contribution in [-0.2, 0) is 4.79 Å². The number of amides is 1. The Kier molecular flexibility index (Phi) is 5.04. The van der Waals surface area contributed by atoms with Crippen LogP contribution in [0.4, 0.5) is 5.69 Å². The Morgan fingerprint density at radius 1 is 1.30 bits per heavy atom. The number of benzene rings is 1. The summed E-state index contributed by atoms with van der Waals surface area (Å²) >= 11 is 7.38. The van der Waals surface area contributed by atoms with Crippen LogP contribution in [0, 0.1) is 6.92 Å². The molecule has 1 atom stereocenters. The average molecular weight is 307 g/mol. The second-order valence-corrected chi connectivity index (χ2v) is 6.14. The summed E-state index contributed by atoms with van der Waals surface area (Å²) in [6.07, 6.45) is 1.67. The summed E-state index contributed by atoms with van der Waals surface area (Å²) in [5, 5.41) is 3.83. The maximum absolute atomic E-state index is 12.1. The highest BCUT2D eigenvalue weighted by Crippen LogP contribution is 2.28. The summed E-state index contributed by atoms with van der Waals surface area (Å²) in [5.41, 5.74) is 1.95. The molecular weight excluding hydrogens is 292 g/mol. The number of hydrogen-bond acceptors (Lipinski definition) is 3. The molecule has 0 saturated heterocycles. The molecule has 0 fully saturated rings. The molecule has 0 aliphatic rings. The molecule has 2 aromatic rings. The van der Waals surface area contributed by atoms with Gasteiger partial charge in [-0.25, -0.2) is 4.98 Å². The fourth-order valence-corrected chi connectivity index (χ4v) is 2.62. The van der Waals surface area contributed by atoms with Gasteiger partial charge in [0.1, 0.15) is 5.03 Å². The van der Waals surface area contributed by atoms with E-state index in [0.717, 1.165) is 11.3 Å². The molecule has 0 aliphatic heterocycles. The van der Waals surface area contributed by atoms with Gasteiger partial charge in [0.25, 0.3) is 0 Å². The summed E-state index contributed by atoms with van der Waals surface area (Å²) in [7, 11) is 0. The Labute approximate surface area is 127 Å². The third kappa shape index (κ3) is 3.99. The fraction of sp³-hybridized carbons (Fsp3) is 0.200. The number of pyridine rings is 1. The monoisotopic (exact) mass is 306 g/mol. The lowest BCUT2D eigenvalue weighted by molar-refractivity contribution is -0.115. The van der Waals surface area contributed by atoms with Crippen LogP contribution in [0.25, 0.3) is 0 Å². The Morgan fingerprint density at radius 3 is 2.65 bits per heavy atom. The molecule has 1 amide bonds. The quantitative estimate of drug-likeness (QED) is 0.862. The molecule has 1 N–H and O–H groups in total. The lowest BCUT2D eigenvalue weighted by atomic mass is 10.2. The SMILES string of the molecule is Cc1ccc(NC(=O)[C@H](C)Sc2ncccc2Cl)cc1. The lowest BCUT2D eigenvalue weighted by Gasteiger charge is -2.12. The van der Waals surface area contributed by atoms with Crippen molar-refractivity contribution >= 4 is 35.0 Å². The zero-order chi connectivity index (χ0) is 14.5. The summed E-state index contributed by atoms with van der Waals surface area (Å²) in [4.78, 5) is 16.3. The smallest absolute Gasteiger partial charge is 0.237 e. The number of thioether (sulfide) groups is 1. The highest BCUT2D eigenvalue weighted by molar-refractivity contribution is 8.00. The van der Waals surface area contributed by atoms with Crippen molar-refractivity contribution in [3.05, 3.63) is 53.2 Å². The van der Waals surface area contributed by atoms with Gasteiger partial charge >= 0.3 is 0 Å². The minimum Gasteiger partial charge on any atom is -0.325 e. The van der Waals surface area contributed by atoms with Gasteiger partial charge < -0.3 is 5.32 Å². The first-order chi connectivity index (χ1) is 9.56. The molecule has 20 heavy (non-hydrogen) atoms. The first-order valence-corrected chi connectivity index (χ1v) is 7.47. The lowest BCUT2D eigenvalue weighted by Crippen LogP contribution is -2.22. The van der Waals surface area contributed by atoms with E-state index < -0.39 is 0 Å². The standard InChI is InChI=1S/C15H15ClN2OS/c1-10-5-7-12(8-6-10)18-14(19)11(2)20-15-13(16)4-3-9-17-15/h3-9,11H,1-2H3,(H,18,19)/t11-/m0/s1. The highest BCUT2D eigenvalue weighted by Gasteiger charge is 2.16. The number of aromatic nitrogens is 1. The minimum atomic E-state index is -0.274. The Bertz CT molecular complexity index is 601. The van der Waals surface area contributed by atoms with Crippen molar-refractivity contribution in [2.24, 2.45) is 0 Å². The van der Waals surface area contributed by atoms with Crippen LogP contribution >= 0.6 is 23.4 Å². The van der Waals surface area contributed by atoms with Gasteiger partial charge in [0.05, 0.1) is 10.3 Å². The third-order valence-corrected chi connectivity index (χ3v) is 4.23. The van der Waals surface area contributed by atoms with Gasteiger partial charge in [-0.3, -0.25) is 4.79 Å². The maximum Gasteiger partial charge on any atom is 0.237 e. The molecule has 0 saturated carbocycles. The number of anilines is 1. The number of carbonyl (C=O) groups is 1. The van der Waals surface area contributed by atoms with E-state index in [-0.39, 0.29) is 11.2 Å². The molecule has 1 aromatic heterocycles. The van der Waals surface area contributed by atoms with E-state index in [0.29, 0.717) is 10.0 Å². The van der Waals surface area contributed by atoms with E-state index in [9.17, 15) is 4.79 Å². The zero-order valence-corrected chi connectivity index (χ0v) is 12.8. The first kappa shape index (κ1) is 14.9. The van der Waals surface area contributed by atoms with Gasteiger partial charge in [-0.1, -0.05) is 41.1 Å². The van der Waals surface area contributed by atoms with Crippen molar-refractivity contribution in [2.45, 2.75) is 24.1 Å². The van der Waals surface area contributed by atoms with Gasteiger partial charge in [0.2, 0.25) is 5.91 Å². The Morgan fingerprint density at radius 2 is 2.00 bits per heavy atom. The van der Waals surface area contributed by atoms with Gasteiger partial charge in [-0.05, 0) is 38.1 Å². The van der Waals surface area contributed by atoms with E-state index in [4.69, 9.17) is 11.6 Å². The van der Waals surface area contributed by atoms with Crippen molar-refractivity contribution in [2.75, 3.05) is 5.32 Å². The number of aryl methyl sites for hydroxylation is 1. The Balaban J connectivity index is 1.99. The van der Waals surface area contributed by atoms with Crippen LogP contribution in [0.5, 0.6) is 0 Å². The highest BCUT2D eigenvalue weighted by atomic mass is 35.5. The van der Waals surface area contributed by atoms with Crippen LogP contribution < -0.4 is 5.32 Å². The predicted octanol–water partition coefficient (Wildman–Crippen LogP) is 4.16. The number of carbonyl (C=O) groups excluding carboxylic acids is 1. The van der Waals surface area contributed by atoms with E-state index in [1.54, 1.807) is 18.3 Å². The molecular formula is C15H15ClN2OS. The number of nitrogens with zero attached hydrogens (tertiary/aromatic N) is 1. The molecule has 104 valence electrons. The Hall–Kier alpha value is -1.52. The number of halogens is 1. The molecule has 1 aromatic carbocycles. The molecule has 0 spiro atoms. The number of rotatable bonds is 4. The predicted molar refractivity (Wildman–Crippen MR) is 84.4 cm³/mol. The van der Waals surface area contributed by atoms with E-state index in [1.165, 1.54) is 11.8 Å². The second kappa shape index (κ2) is 6.77. The first-order valence-electron chi connectivity index (χ1n) is 6.21. The van der Waals surface area contributed by atoms with Crippen LogP contribution in [0.15, 0.2) is 47.6 Å². The summed E-state index contributed by atoms with van der Waals surface area (Å²) in [6, 6.07) is 11.2. The molecule has 2 rings (SSSR count). The fourth-order valence-electron chi connectivity index (χ4n) is 1.56. The van der Waals surface area contributed by atoms with Crippen molar-refractivity contribution in [1.82, 2.24) is 4.98 Å². The molecule has 1 heterocycles. The van der Waals surface area contributed by atoms with Gasteiger partial charge in [-0.2, -0.15) is 0 Å². The minimum absolute atomic E-state index is 0.0689. The van der Waals surface area contributed by atoms with Crippen molar-refractivity contribution in [3.8, 4) is 0 Å². The zero-order valence-electron chi connectivity index (χ0n) is 11.3. The normalized spacial score (nSPS) is 11.9. The largest absolute Gasteiger partial charge is 0.325 e. The average Bonchev–Trinajstić information content (AvgIpc) is 2.44. The third-order valence-electron chi connectivity index (χ3n) is 2.70. The summed E-state index contributed by atoms with van der Waals surface area (Å²) < 4.78 is 0. The summed E-state index contributed by atoms with van der Waals surface area (Å²) in [5.74, 6) is -0.0689. The van der Waals surface area contributed by atoms with Crippen molar-refractivity contribution in [3.63, 3.8) is 0 Å². The van der Waals surface area contributed by atoms with Crippen molar-refractivity contribution in [1.29, 1.82) is 0 Å². The van der Waals surface area contributed by atoms with Gasteiger partial charge in [0.15, 0.2) is 0 Å². The van der Waals surface area contributed by atoms with Gasteiger partial charge in [-0.15, -0.1) is 0 Å². The molecule has 0 unspecified atom stereocenters. The number of hydrogen-bond donors (Lipinski definition) is 1. The van der Waals surface area contributed by atoms with Crippen LogP contribution in [-0.4, -0.2) is 16.1 Å². The van der Waals surface area contributed by atoms with E-state index >= 15 is 0 Å². The van der Waals surface area contributed by atoms with E-state index in [2.05, 4.69) is 10.3 Å². The maximum atomic E-state index is 12.1. The molecule has 0 bridgehead atoms. The van der Waals surface area contributed by atoms with Gasteiger partial charge in [0, 0.05) is 11.9 Å². The van der Waals surface area contributed by atoms with E-state index in [1.807, 2.05) is 38.1 Å². The van der Waals surface area contributed by atoms with Crippen LogP contribution in [0.1, 0.15) is 12.5 Å². The topological polar surface area (TPSA) is 42.0 Å². The second-order valence-electron chi connectivity index (χ2n) is 4.41. The van der Waals surface area contributed by atoms with Crippen LogP contribution in [0.3, 0.4) is 0 Å². The van der Waals surface area contributed by atoms with Crippen molar-refractivity contribution < 1.29 is 4.79 Å². The molecule has 0 radical (unpaired) electrons. The van der Waals surface area contributed by atoms with Crippen LogP contribution in [0.2, 0.25) is 5.02 Å². The summed E-state index contributed by atoms with van der Waals surface area (Å²) in [6.45, 7) is 3.84. The number of nitrogens with one attached hydrogen (secondary N) is 1. The molecule has 3 nitrogen and oxygen atoms in total. The molecule has 5 heteroatoms. The molecule has 0 aliphatic carbocycles.